The highest BCUT2D eigenvalue weighted by atomic mass is 16.8. The van der Waals surface area contributed by atoms with Gasteiger partial charge in [-0.05, 0) is 37.3 Å². The average molecular weight is 386 g/mol. The van der Waals surface area contributed by atoms with E-state index in [0.29, 0.717) is 38.5 Å². The summed E-state index contributed by atoms with van der Waals surface area (Å²) in [4.78, 5) is 34.9. The second kappa shape index (κ2) is 6.23. The van der Waals surface area contributed by atoms with Gasteiger partial charge in [-0.1, -0.05) is 18.2 Å². The number of nitrogens with zero attached hydrogens (tertiary/aromatic N) is 5. The largest absolute Gasteiger partial charge is 0.316 e. The number of pyridine rings is 1. The normalized spacial score (nSPS) is 11.4. The molecule has 0 fully saturated rings. The maximum atomic E-state index is 13.4. The van der Waals surface area contributed by atoms with Crippen molar-refractivity contribution >= 4 is 33.3 Å². The van der Waals surface area contributed by atoms with Gasteiger partial charge in [0.05, 0.1) is 16.3 Å². The molecular formula is C21H16N5O3+. The quantitative estimate of drug-likeness (QED) is 0.444. The first kappa shape index (κ1) is 17.1. The van der Waals surface area contributed by atoms with Crippen molar-refractivity contribution in [1.29, 1.82) is 0 Å². The van der Waals surface area contributed by atoms with Gasteiger partial charge in [-0.2, -0.15) is 9.61 Å². The maximum absolute atomic E-state index is 13.4. The molecule has 3 aromatic heterocycles. The molecule has 0 aliphatic heterocycles. The minimum absolute atomic E-state index is 0.184. The van der Waals surface area contributed by atoms with E-state index < -0.39 is 0 Å². The van der Waals surface area contributed by atoms with Crippen LogP contribution in [0, 0.1) is 11.8 Å². The van der Waals surface area contributed by atoms with Crippen molar-refractivity contribution < 1.29 is 9.76 Å². The van der Waals surface area contributed by atoms with E-state index in [9.17, 15) is 9.70 Å². The monoisotopic (exact) mass is 386 g/mol. The zero-order valence-electron chi connectivity index (χ0n) is 15.7. The molecule has 0 amide bonds. The van der Waals surface area contributed by atoms with E-state index in [2.05, 4.69) is 9.94 Å². The number of fused-ring (bicyclic) bond motifs is 5. The zero-order chi connectivity index (χ0) is 20.1. The topological polar surface area (TPSA) is 81.5 Å². The lowest BCUT2D eigenvalue weighted by atomic mass is 10.1. The van der Waals surface area contributed by atoms with Gasteiger partial charge in [0.2, 0.25) is 0 Å². The van der Waals surface area contributed by atoms with Crippen molar-refractivity contribution in [2.45, 2.75) is 6.92 Å². The second-order valence-electron chi connectivity index (χ2n) is 6.67. The standard InChI is InChI=1S/C21H16N5O3/c1-13-7-12-18-22-19-16-5-3-4-6-17(16)21(27)24(20(19)25(18)23-13)14-8-10-15(11-9-14)26(28)29-2/h3-12H,1-2H3/q+1. The third-order valence-electron chi connectivity index (χ3n) is 4.90. The van der Waals surface area contributed by atoms with Crippen LogP contribution in [-0.2, 0) is 4.84 Å². The van der Waals surface area contributed by atoms with E-state index in [4.69, 9.17) is 4.98 Å². The Labute approximate surface area is 164 Å². The lowest BCUT2D eigenvalue weighted by Crippen LogP contribution is -2.20. The first-order chi connectivity index (χ1) is 14.1. The molecule has 0 atom stereocenters. The molecule has 3 heterocycles. The van der Waals surface area contributed by atoms with Gasteiger partial charge in [-0.15, -0.1) is 0 Å². The fourth-order valence-electron chi connectivity index (χ4n) is 3.56. The summed E-state index contributed by atoms with van der Waals surface area (Å²) in [6.45, 7) is 1.89. The Morgan fingerprint density at radius 2 is 1.69 bits per heavy atom. The van der Waals surface area contributed by atoms with Gasteiger partial charge < -0.3 is 0 Å². The van der Waals surface area contributed by atoms with Gasteiger partial charge in [-0.3, -0.25) is 9.36 Å². The predicted octanol–water partition coefficient (Wildman–Crippen LogP) is 3.47. The van der Waals surface area contributed by atoms with Crippen molar-refractivity contribution in [3.8, 4) is 5.69 Å². The van der Waals surface area contributed by atoms with Crippen LogP contribution in [0.4, 0.5) is 5.69 Å². The van der Waals surface area contributed by atoms with Crippen LogP contribution < -0.4 is 5.56 Å². The lowest BCUT2D eigenvalue weighted by Gasteiger charge is -2.10. The molecule has 2 aromatic carbocycles. The number of aryl methyl sites for hydroxylation is 1. The molecule has 0 radical (unpaired) electrons. The highest BCUT2D eigenvalue weighted by Gasteiger charge is 2.20. The van der Waals surface area contributed by atoms with Crippen LogP contribution in [0.3, 0.4) is 0 Å². The third kappa shape index (κ3) is 2.49. The summed E-state index contributed by atoms with van der Waals surface area (Å²) >= 11 is 0. The third-order valence-corrected chi connectivity index (χ3v) is 4.90. The number of hydrogen-bond donors (Lipinski definition) is 0. The molecule has 0 bridgehead atoms. The first-order valence-corrected chi connectivity index (χ1v) is 9.00. The molecule has 0 saturated carbocycles. The molecule has 142 valence electrons. The molecule has 0 aliphatic rings. The van der Waals surface area contributed by atoms with E-state index >= 15 is 0 Å². The highest BCUT2D eigenvalue weighted by Crippen LogP contribution is 2.26. The summed E-state index contributed by atoms with van der Waals surface area (Å²) in [5.41, 5.74) is 3.46. The molecule has 0 unspecified atom stereocenters. The van der Waals surface area contributed by atoms with Crippen molar-refractivity contribution in [3.63, 3.8) is 0 Å². The Balaban J connectivity index is 1.94. The SMILES string of the molecule is CO[N+](=O)c1ccc(-n2c(=O)c3ccccc3c3nc4ccc(C)nn4c32)cc1. The number of rotatable bonds is 3. The van der Waals surface area contributed by atoms with E-state index in [0.717, 1.165) is 11.1 Å². The molecule has 0 saturated heterocycles. The van der Waals surface area contributed by atoms with Gasteiger partial charge in [-0.25, -0.2) is 9.82 Å². The van der Waals surface area contributed by atoms with E-state index in [1.54, 1.807) is 39.4 Å². The van der Waals surface area contributed by atoms with Crippen LogP contribution in [0.25, 0.3) is 33.3 Å². The fraction of sp³-hybridized carbons (Fsp3) is 0.0952. The minimum Gasteiger partial charge on any atom is -0.268 e. The number of hydrogen-bond acceptors (Lipinski definition) is 5. The Morgan fingerprint density at radius 1 is 0.966 bits per heavy atom. The number of benzene rings is 2. The highest BCUT2D eigenvalue weighted by molar-refractivity contribution is 6.04. The van der Waals surface area contributed by atoms with Crippen LogP contribution in [0.2, 0.25) is 0 Å². The molecule has 8 nitrogen and oxygen atoms in total. The molecule has 0 N–H and O–H groups in total. The van der Waals surface area contributed by atoms with Crippen LogP contribution in [0.1, 0.15) is 5.69 Å². The van der Waals surface area contributed by atoms with Gasteiger partial charge >= 0.3 is 5.69 Å². The lowest BCUT2D eigenvalue weighted by molar-refractivity contribution is -0.736. The zero-order valence-corrected chi connectivity index (χ0v) is 15.7. The van der Waals surface area contributed by atoms with Crippen LogP contribution >= 0.6 is 0 Å². The molecule has 0 aliphatic carbocycles. The van der Waals surface area contributed by atoms with Crippen molar-refractivity contribution in [1.82, 2.24) is 19.2 Å². The fourth-order valence-corrected chi connectivity index (χ4v) is 3.56. The molecule has 5 aromatic rings. The van der Waals surface area contributed by atoms with Crippen molar-refractivity contribution in [2.75, 3.05) is 7.11 Å². The average Bonchev–Trinajstić information content (AvgIpc) is 3.12. The molecule has 8 heteroatoms. The Morgan fingerprint density at radius 3 is 2.41 bits per heavy atom. The number of aromatic nitrogens is 4. The van der Waals surface area contributed by atoms with Crippen molar-refractivity contribution in [2.24, 2.45) is 0 Å². The number of imidazole rings is 1. The molecular weight excluding hydrogens is 370 g/mol. The van der Waals surface area contributed by atoms with E-state index in [1.165, 1.54) is 7.11 Å². The summed E-state index contributed by atoms with van der Waals surface area (Å²) in [5, 5.41) is 5.91. The first-order valence-electron chi connectivity index (χ1n) is 9.00. The maximum Gasteiger partial charge on any atom is 0.316 e. The van der Waals surface area contributed by atoms with Gasteiger partial charge in [0, 0.05) is 22.9 Å². The van der Waals surface area contributed by atoms with Crippen LogP contribution in [0.5, 0.6) is 0 Å². The molecule has 0 spiro atoms. The summed E-state index contributed by atoms with van der Waals surface area (Å²) in [6, 6.07) is 17.7. The Bertz CT molecular complexity index is 1480. The van der Waals surface area contributed by atoms with Crippen molar-refractivity contribution in [3.05, 3.63) is 81.6 Å². The minimum atomic E-state index is -0.184. The van der Waals surface area contributed by atoms with E-state index in [-0.39, 0.29) is 5.56 Å². The predicted molar refractivity (Wildman–Crippen MR) is 109 cm³/mol. The second-order valence-corrected chi connectivity index (χ2v) is 6.67. The van der Waals surface area contributed by atoms with Crippen LogP contribution in [0.15, 0.2) is 65.5 Å². The Kier molecular flexibility index (Phi) is 3.67. The van der Waals surface area contributed by atoms with Gasteiger partial charge in [0.15, 0.2) is 18.4 Å². The summed E-state index contributed by atoms with van der Waals surface area (Å²) < 4.78 is 3.26. The summed E-state index contributed by atoms with van der Waals surface area (Å²) in [7, 11) is 1.30. The van der Waals surface area contributed by atoms with Gasteiger partial charge in [0.25, 0.3) is 10.5 Å². The summed E-state index contributed by atoms with van der Waals surface area (Å²) in [5.74, 6) is 0. The molecule has 5 rings (SSSR count). The smallest absolute Gasteiger partial charge is 0.268 e. The Hall–Kier alpha value is -4.07. The van der Waals surface area contributed by atoms with Gasteiger partial charge in [0.1, 0.15) is 5.52 Å². The summed E-state index contributed by atoms with van der Waals surface area (Å²) in [6.07, 6.45) is 0. The van der Waals surface area contributed by atoms with E-state index in [1.807, 2.05) is 37.3 Å². The van der Waals surface area contributed by atoms with Crippen LogP contribution in [-0.4, -0.2) is 31.2 Å². The molecule has 29 heavy (non-hydrogen) atoms.